The van der Waals surface area contributed by atoms with Crippen molar-refractivity contribution in [1.29, 1.82) is 0 Å². The van der Waals surface area contributed by atoms with E-state index >= 15 is 0 Å². The Kier molecular flexibility index (Phi) is 4.34. The predicted molar refractivity (Wildman–Crippen MR) is 80.7 cm³/mol. The molecule has 98 valence electrons. The maximum Gasteiger partial charge on any atom is 0.258 e. The van der Waals surface area contributed by atoms with Gasteiger partial charge in [-0.1, -0.05) is 12.1 Å². The van der Waals surface area contributed by atoms with Crippen LogP contribution in [0.5, 0.6) is 0 Å². The zero-order valence-corrected chi connectivity index (χ0v) is 12.5. The number of para-hydroxylation sites is 1. The highest BCUT2D eigenvalue weighted by Gasteiger charge is 2.12. The zero-order chi connectivity index (χ0) is 13.8. The molecule has 0 bridgehead atoms. The second kappa shape index (κ2) is 5.99. The number of halogens is 1. The van der Waals surface area contributed by atoms with Crippen LogP contribution in [0.3, 0.4) is 0 Å². The van der Waals surface area contributed by atoms with E-state index in [-0.39, 0.29) is 11.8 Å². The summed E-state index contributed by atoms with van der Waals surface area (Å²) in [5.74, 6) is -0.460. The lowest BCUT2D eigenvalue weighted by Crippen LogP contribution is -2.15. The second-order valence-electron chi connectivity index (χ2n) is 3.78. The summed E-state index contributed by atoms with van der Waals surface area (Å²) in [6.07, 6.45) is 0. The highest BCUT2D eigenvalue weighted by Crippen LogP contribution is 2.27. The molecule has 1 heterocycles. The summed E-state index contributed by atoms with van der Waals surface area (Å²) in [5.41, 5.74) is 0.936. The van der Waals surface area contributed by atoms with E-state index in [4.69, 9.17) is 0 Å². The molecule has 6 heteroatoms. The van der Waals surface area contributed by atoms with Crippen molar-refractivity contribution in [3.05, 3.63) is 45.7 Å². The molecule has 0 saturated carbocycles. The van der Waals surface area contributed by atoms with Crippen LogP contribution >= 0.6 is 27.3 Å². The zero-order valence-electron chi connectivity index (χ0n) is 10.1. The van der Waals surface area contributed by atoms with Gasteiger partial charge in [-0.05, 0) is 40.2 Å². The molecule has 0 spiro atoms. The van der Waals surface area contributed by atoms with Gasteiger partial charge in [-0.3, -0.25) is 9.59 Å². The molecular formula is C13H11BrN2O2S. The first-order chi connectivity index (χ1) is 9.06. The standard InChI is InChI=1S/C13H11BrN2O2S/c1-8(17)15-10-5-3-2-4-9(10)13(18)16-12-7-6-11(14)19-12/h2-7H,1H3,(H,15,17)(H,16,18). The molecule has 2 aromatic rings. The quantitative estimate of drug-likeness (QED) is 0.895. The van der Waals surface area contributed by atoms with Gasteiger partial charge in [0.1, 0.15) is 0 Å². The lowest BCUT2D eigenvalue weighted by molar-refractivity contribution is -0.114. The van der Waals surface area contributed by atoms with Crippen molar-refractivity contribution in [2.45, 2.75) is 6.92 Å². The van der Waals surface area contributed by atoms with E-state index in [9.17, 15) is 9.59 Å². The Labute approximate surface area is 123 Å². The van der Waals surface area contributed by atoms with Gasteiger partial charge >= 0.3 is 0 Å². The minimum Gasteiger partial charge on any atom is -0.326 e. The van der Waals surface area contributed by atoms with E-state index in [0.717, 1.165) is 8.79 Å². The molecule has 0 saturated heterocycles. The van der Waals surface area contributed by atoms with Gasteiger partial charge in [0.15, 0.2) is 0 Å². The average molecular weight is 339 g/mol. The first kappa shape index (κ1) is 13.8. The third kappa shape index (κ3) is 3.65. The molecule has 2 N–H and O–H groups in total. The van der Waals surface area contributed by atoms with Crippen LogP contribution in [0.4, 0.5) is 10.7 Å². The first-order valence-electron chi connectivity index (χ1n) is 5.49. The third-order valence-corrected chi connectivity index (χ3v) is 3.83. The molecule has 2 amide bonds. The van der Waals surface area contributed by atoms with Crippen molar-refractivity contribution >= 4 is 49.8 Å². The maximum absolute atomic E-state index is 12.2. The fourth-order valence-corrected chi connectivity index (χ4v) is 2.82. The van der Waals surface area contributed by atoms with Crippen LogP contribution in [0.25, 0.3) is 0 Å². The monoisotopic (exact) mass is 338 g/mol. The Morgan fingerprint density at radius 1 is 1.11 bits per heavy atom. The fraction of sp³-hybridized carbons (Fsp3) is 0.0769. The number of amides is 2. The second-order valence-corrected chi connectivity index (χ2v) is 6.25. The Hall–Kier alpha value is -1.66. The molecule has 19 heavy (non-hydrogen) atoms. The largest absolute Gasteiger partial charge is 0.326 e. The molecule has 1 aromatic heterocycles. The minimum atomic E-state index is -0.251. The SMILES string of the molecule is CC(=O)Nc1ccccc1C(=O)Nc1ccc(Br)s1. The Morgan fingerprint density at radius 3 is 2.47 bits per heavy atom. The first-order valence-corrected chi connectivity index (χ1v) is 7.10. The maximum atomic E-state index is 12.2. The van der Waals surface area contributed by atoms with Crippen molar-refractivity contribution in [1.82, 2.24) is 0 Å². The van der Waals surface area contributed by atoms with Crippen molar-refractivity contribution in [2.75, 3.05) is 10.6 Å². The molecule has 0 atom stereocenters. The summed E-state index contributed by atoms with van der Waals surface area (Å²) in [4.78, 5) is 23.3. The summed E-state index contributed by atoms with van der Waals surface area (Å²) < 4.78 is 0.943. The third-order valence-electron chi connectivity index (χ3n) is 2.29. The number of rotatable bonds is 3. The summed E-state index contributed by atoms with van der Waals surface area (Å²) in [6.45, 7) is 1.41. The number of benzene rings is 1. The van der Waals surface area contributed by atoms with Crippen LogP contribution in [-0.2, 0) is 4.79 Å². The van der Waals surface area contributed by atoms with Crippen LogP contribution < -0.4 is 10.6 Å². The van der Waals surface area contributed by atoms with E-state index in [1.165, 1.54) is 18.3 Å². The molecule has 0 aliphatic carbocycles. The van der Waals surface area contributed by atoms with Crippen LogP contribution in [0.15, 0.2) is 40.2 Å². The number of thiophene rings is 1. The van der Waals surface area contributed by atoms with E-state index in [1.807, 2.05) is 12.1 Å². The van der Waals surface area contributed by atoms with Crippen molar-refractivity contribution in [3.63, 3.8) is 0 Å². The fourth-order valence-electron chi connectivity index (χ4n) is 1.54. The van der Waals surface area contributed by atoms with Gasteiger partial charge in [0, 0.05) is 6.92 Å². The molecule has 0 radical (unpaired) electrons. The van der Waals surface area contributed by atoms with Gasteiger partial charge in [0.25, 0.3) is 5.91 Å². The lowest BCUT2D eigenvalue weighted by atomic mass is 10.1. The number of hydrogen-bond acceptors (Lipinski definition) is 3. The molecule has 0 fully saturated rings. The molecule has 0 aliphatic rings. The van der Waals surface area contributed by atoms with Gasteiger partial charge in [-0.15, -0.1) is 11.3 Å². The van der Waals surface area contributed by atoms with Gasteiger partial charge in [0.2, 0.25) is 5.91 Å². The van der Waals surface area contributed by atoms with E-state index in [2.05, 4.69) is 26.6 Å². The summed E-state index contributed by atoms with van der Waals surface area (Å²) in [7, 11) is 0. The number of carbonyl (C=O) groups excluding carboxylic acids is 2. The number of carbonyl (C=O) groups is 2. The molecule has 0 unspecified atom stereocenters. The van der Waals surface area contributed by atoms with E-state index < -0.39 is 0 Å². The number of hydrogen-bond donors (Lipinski definition) is 2. The smallest absolute Gasteiger partial charge is 0.258 e. The highest BCUT2D eigenvalue weighted by atomic mass is 79.9. The molecular weight excluding hydrogens is 328 g/mol. The molecule has 1 aromatic carbocycles. The number of anilines is 2. The van der Waals surface area contributed by atoms with Crippen LogP contribution in [0.1, 0.15) is 17.3 Å². The van der Waals surface area contributed by atoms with E-state index in [0.29, 0.717) is 11.3 Å². The van der Waals surface area contributed by atoms with E-state index in [1.54, 1.807) is 24.3 Å². The van der Waals surface area contributed by atoms with Gasteiger partial charge < -0.3 is 10.6 Å². The highest BCUT2D eigenvalue weighted by molar-refractivity contribution is 9.11. The summed E-state index contributed by atoms with van der Waals surface area (Å²) >= 11 is 4.76. The van der Waals surface area contributed by atoms with Crippen LogP contribution in [-0.4, -0.2) is 11.8 Å². The lowest BCUT2D eigenvalue weighted by Gasteiger charge is -2.09. The Balaban J connectivity index is 2.21. The van der Waals surface area contributed by atoms with Gasteiger partial charge in [0.05, 0.1) is 20.0 Å². The van der Waals surface area contributed by atoms with Crippen molar-refractivity contribution in [3.8, 4) is 0 Å². The van der Waals surface area contributed by atoms with Gasteiger partial charge in [-0.25, -0.2) is 0 Å². The predicted octanol–water partition coefficient (Wildman–Crippen LogP) is 3.72. The normalized spacial score (nSPS) is 10.0. The average Bonchev–Trinajstić information content (AvgIpc) is 2.74. The summed E-state index contributed by atoms with van der Waals surface area (Å²) in [5, 5.41) is 6.18. The molecule has 4 nitrogen and oxygen atoms in total. The minimum absolute atomic E-state index is 0.209. The van der Waals surface area contributed by atoms with Crippen LogP contribution in [0.2, 0.25) is 0 Å². The molecule has 0 aliphatic heterocycles. The Bertz CT molecular complexity index is 625. The summed E-state index contributed by atoms with van der Waals surface area (Å²) in [6, 6.07) is 10.6. The Morgan fingerprint density at radius 2 is 1.84 bits per heavy atom. The topological polar surface area (TPSA) is 58.2 Å². The molecule has 2 rings (SSSR count). The van der Waals surface area contributed by atoms with Crippen molar-refractivity contribution < 1.29 is 9.59 Å². The van der Waals surface area contributed by atoms with Gasteiger partial charge in [-0.2, -0.15) is 0 Å². The number of nitrogens with one attached hydrogen (secondary N) is 2. The van der Waals surface area contributed by atoms with Crippen molar-refractivity contribution in [2.24, 2.45) is 0 Å². The van der Waals surface area contributed by atoms with Crippen LogP contribution in [0, 0.1) is 0 Å².